The van der Waals surface area contributed by atoms with E-state index in [0.717, 1.165) is 0 Å². The highest BCUT2D eigenvalue weighted by Crippen LogP contribution is 2.53. The first-order valence-electron chi connectivity index (χ1n) is 17.5. The van der Waals surface area contributed by atoms with E-state index in [4.69, 9.17) is 10.5 Å². The summed E-state index contributed by atoms with van der Waals surface area (Å²) in [5.41, 5.74) is 20.4. The molecule has 1 aliphatic carbocycles. The summed E-state index contributed by atoms with van der Waals surface area (Å²) in [5, 5.41) is 17.6. The summed E-state index contributed by atoms with van der Waals surface area (Å²) >= 11 is 0. The van der Waals surface area contributed by atoms with E-state index in [-0.39, 0.29) is 16.2 Å². The third-order valence-electron chi connectivity index (χ3n) is 12.3. The molecule has 0 spiro atoms. The lowest BCUT2D eigenvalue weighted by molar-refractivity contribution is 0.304. The van der Waals surface area contributed by atoms with E-state index in [1.165, 1.54) is 102 Å². The van der Waals surface area contributed by atoms with E-state index in [1.54, 1.807) is 12.1 Å². The monoisotopic (exact) mass is 653 g/mol. The molecule has 258 valence electrons. The van der Waals surface area contributed by atoms with Crippen LogP contribution in [0.5, 0.6) is 0 Å². The Morgan fingerprint density at radius 3 is 0.980 bits per heavy atom. The molecule has 0 bridgehead atoms. The molecule has 0 unspecified atom stereocenters. The molecule has 0 radical (unpaired) electrons. The topological polar surface area (TPSA) is 52.5 Å². The normalized spacial score (nSPS) is 14.7. The standard InChI is InChI=1S/C21H27N.C21H26.2C2H3N/c1-10-12(3)16(7)20-18(14(10)5)19-15(6)11(2)13(4)17(8)21(19)22(20)9;1-19(2)15-11-7-9-13-17(15)20(3,4)21(5,6)18-14-10-8-12-16(18)19;2*1-2-3/h1-9H3;7-14H,1-6H3;2*1H3. The second-order valence-electron chi connectivity index (χ2n) is 15.4. The number of aryl methyl sites for hydroxylation is 5. The van der Waals surface area contributed by atoms with E-state index in [0.29, 0.717) is 0 Å². The number of fused-ring (bicyclic) bond motifs is 5. The smallest absolute Gasteiger partial charge is 0.0587 e. The molecule has 1 aromatic heterocycles. The number of rotatable bonds is 0. The molecule has 5 aromatic rings. The van der Waals surface area contributed by atoms with Crippen LogP contribution in [-0.2, 0) is 23.3 Å². The van der Waals surface area contributed by atoms with Crippen molar-refractivity contribution in [1.29, 1.82) is 10.5 Å². The summed E-state index contributed by atoms with van der Waals surface area (Å²) < 4.78 is 2.42. The van der Waals surface area contributed by atoms with Gasteiger partial charge in [0.25, 0.3) is 0 Å². The van der Waals surface area contributed by atoms with Crippen molar-refractivity contribution in [2.24, 2.45) is 7.05 Å². The SMILES string of the molecule is CC#N.CC#N.CC1(C)c2ccccc2C(C)(C)C(C)(C)c2ccccc21.Cc1c(C)c(C)c2c(c1C)c1c(C)c(C)c(C)c(C)c1n2C. The molecule has 1 aliphatic rings. The Kier molecular flexibility index (Phi) is 11.4. The van der Waals surface area contributed by atoms with Crippen LogP contribution in [0.25, 0.3) is 21.8 Å². The quantitative estimate of drug-likeness (QED) is 0.167. The molecule has 0 aliphatic heterocycles. The van der Waals surface area contributed by atoms with Crippen molar-refractivity contribution in [2.75, 3.05) is 0 Å². The Morgan fingerprint density at radius 1 is 0.449 bits per heavy atom. The molecule has 1 heterocycles. The minimum Gasteiger partial charge on any atom is -0.343 e. The van der Waals surface area contributed by atoms with E-state index in [1.807, 2.05) is 0 Å². The number of hydrogen-bond donors (Lipinski definition) is 0. The summed E-state index contributed by atoms with van der Waals surface area (Å²) in [6, 6.07) is 21.5. The molecule has 0 amide bonds. The third-order valence-corrected chi connectivity index (χ3v) is 12.3. The van der Waals surface area contributed by atoms with Crippen molar-refractivity contribution in [3.05, 3.63) is 115 Å². The highest BCUT2D eigenvalue weighted by molar-refractivity contribution is 6.14. The van der Waals surface area contributed by atoms with Gasteiger partial charge in [0, 0.05) is 37.1 Å². The van der Waals surface area contributed by atoms with Gasteiger partial charge in [0.05, 0.1) is 23.2 Å². The number of nitrogens with zero attached hydrogens (tertiary/aromatic N) is 3. The first-order chi connectivity index (χ1) is 22.7. The molecule has 4 aromatic carbocycles. The van der Waals surface area contributed by atoms with Gasteiger partial charge in [0.1, 0.15) is 0 Å². The van der Waals surface area contributed by atoms with Crippen LogP contribution in [-0.4, -0.2) is 4.57 Å². The Morgan fingerprint density at radius 2 is 0.694 bits per heavy atom. The Bertz CT molecular complexity index is 1970. The summed E-state index contributed by atoms with van der Waals surface area (Å²) in [4.78, 5) is 0. The molecule has 0 N–H and O–H groups in total. The maximum Gasteiger partial charge on any atom is 0.0587 e. The molecule has 0 saturated heterocycles. The van der Waals surface area contributed by atoms with E-state index in [2.05, 4.69) is 157 Å². The zero-order valence-corrected chi connectivity index (χ0v) is 33.5. The van der Waals surface area contributed by atoms with Crippen molar-refractivity contribution in [2.45, 2.75) is 127 Å². The molecule has 3 nitrogen and oxygen atoms in total. The number of benzene rings is 4. The highest BCUT2D eigenvalue weighted by atomic mass is 14.9. The second-order valence-corrected chi connectivity index (χ2v) is 15.4. The lowest BCUT2D eigenvalue weighted by Gasteiger charge is -2.42. The van der Waals surface area contributed by atoms with Gasteiger partial charge in [-0.05, 0) is 133 Å². The van der Waals surface area contributed by atoms with Gasteiger partial charge >= 0.3 is 0 Å². The molecule has 0 atom stereocenters. The molecule has 3 heteroatoms. The first kappa shape index (κ1) is 39.1. The first-order valence-corrected chi connectivity index (χ1v) is 17.5. The zero-order valence-electron chi connectivity index (χ0n) is 33.5. The third kappa shape index (κ3) is 6.19. The van der Waals surface area contributed by atoms with E-state index in [9.17, 15) is 0 Å². The summed E-state index contributed by atoms with van der Waals surface area (Å²) in [6.07, 6.45) is 0. The average molecular weight is 654 g/mol. The van der Waals surface area contributed by atoms with Crippen LogP contribution in [0.15, 0.2) is 48.5 Å². The molecule has 49 heavy (non-hydrogen) atoms. The maximum atomic E-state index is 7.32. The Balaban J connectivity index is 0.000000229. The van der Waals surface area contributed by atoms with E-state index >= 15 is 0 Å². The number of nitriles is 2. The van der Waals surface area contributed by atoms with Gasteiger partial charge in [-0.3, -0.25) is 0 Å². The Hall–Kier alpha value is -4.34. The van der Waals surface area contributed by atoms with Gasteiger partial charge < -0.3 is 4.57 Å². The van der Waals surface area contributed by atoms with Crippen molar-refractivity contribution in [1.82, 2.24) is 4.57 Å². The molecule has 0 saturated carbocycles. The van der Waals surface area contributed by atoms with Gasteiger partial charge in [0.2, 0.25) is 0 Å². The summed E-state index contributed by atoms with van der Waals surface area (Å²) in [6.45, 7) is 35.3. The molecular weight excluding hydrogens is 595 g/mol. The average Bonchev–Trinajstić information content (AvgIpc) is 3.36. The molecule has 0 fully saturated rings. The lowest BCUT2D eigenvalue weighted by atomic mass is 9.61. The summed E-state index contributed by atoms with van der Waals surface area (Å²) in [5.74, 6) is 0. The van der Waals surface area contributed by atoms with Gasteiger partial charge in [0.15, 0.2) is 0 Å². The van der Waals surface area contributed by atoms with Gasteiger partial charge in [-0.15, -0.1) is 0 Å². The van der Waals surface area contributed by atoms with Crippen LogP contribution in [0, 0.1) is 78.1 Å². The fraction of sp³-hybridized carbons (Fsp3) is 0.435. The second kappa shape index (κ2) is 14.3. The van der Waals surface area contributed by atoms with Gasteiger partial charge in [-0.2, -0.15) is 10.5 Å². The Labute approximate surface area is 297 Å². The van der Waals surface area contributed by atoms with Gasteiger partial charge in [-0.1, -0.05) is 90.1 Å². The predicted octanol–water partition coefficient (Wildman–Crippen LogP) is 12.4. The predicted molar refractivity (Wildman–Crippen MR) is 212 cm³/mol. The van der Waals surface area contributed by atoms with Crippen LogP contribution in [0.2, 0.25) is 0 Å². The number of aromatic nitrogens is 1. The van der Waals surface area contributed by atoms with Crippen molar-refractivity contribution >= 4 is 21.8 Å². The molecule has 6 rings (SSSR count). The fourth-order valence-corrected chi connectivity index (χ4v) is 8.11. The zero-order chi connectivity index (χ0) is 37.4. The number of hydrogen-bond acceptors (Lipinski definition) is 2. The maximum absolute atomic E-state index is 7.32. The minimum absolute atomic E-state index is 0.0399. The minimum atomic E-state index is 0.0399. The largest absolute Gasteiger partial charge is 0.343 e. The highest BCUT2D eigenvalue weighted by Gasteiger charge is 2.47. The van der Waals surface area contributed by atoms with Crippen molar-refractivity contribution < 1.29 is 0 Å². The van der Waals surface area contributed by atoms with Crippen LogP contribution in [0.3, 0.4) is 0 Å². The van der Waals surface area contributed by atoms with Crippen LogP contribution in [0.1, 0.15) is 122 Å². The van der Waals surface area contributed by atoms with E-state index < -0.39 is 0 Å². The van der Waals surface area contributed by atoms with Gasteiger partial charge in [-0.25, -0.2) is 0 Å². The lowest BCUT2D eigenvalue weighted by Crippen LogP contribution is -2.40. The van der Waals surface area contributed by atoms with Crippen molar-refractivity contribution in [3.8, 4) is 12.1 Å². The van der Waals surface area contributed by atoms with Crippen LogP contribution >= 0.6 is 0 Å². The molecular formula is C46H59N3. The van der Waals surface area contributed by atoms with Crippen molar-refractivity contribution in [3.63, 3.8) is 0 Å². The van der Waals surface area contributed by atoms with Crippen LogP contribution < -0.4 is 0 Å². The fourth-order valence-electron chi connectivity index (χ4n) is 8.11. The van der Waals surface area contributed by atoms with Crippen LogP contribution in [0.4, 0.5) is 0 Å². The summed E-state index contributed by atoms with van der Waals surface area (Å²) in [7, 11) is 2.23.